The minimum absolute atomic E-state index is 0.446. The lowest BCUT2D eigenvalue weighted by atomic mass is 10.1. The minimum Gasteiger partial charge on any atom is -0.282 e. The van der Waals surface area contributed by atoms with Crippen LogP contribution < -0.4 is 10.7 Å². The highest BCUT2D eigenvalue weighted by molar-refractivity contribution is 7.22. The molecule has 2 N–H and O–H groups in total. The molecular weight excluding hydrogens is 368 g/mol. The Morgan fingerprint density at radius 3 is 2.73 bits per heavy atom. The van der Waals surface area contributed by atoms with Crippen LogP contribution in [0.2, 0.25) is 5.02 Å². The second kappa shape index (κ2) is 7.11. The summed E-state index contributed by atoms with van der Waals surface area (Å²) in [5.74, 6) is 0. The van der Waals surface area contributed by atoms with Crippen LogP contribution in [0.4, 0.5) is 9.93 Å². The number of rotatable bonds is 3. The summed E-state index contributed by atoms with van der Waals surface area (Å²) in [4.78, 5) is 16.5. The van der Waals surface area contributed by atoms with Gasteiger partial charge in [-0.1, -0.05) is 65.4 Å². The maximum atomic E-state index is 12.0. The molecule has 0 aliphatic carbocycles. The zero-order valence-corrected chi connectivity index (χ0v) is 15.0. The van der Waals surface area contributed by atoms with Gasteiger partial charge in [-0.25, -0.2) is 15.2 Å². The first-order valence-corrected chi connectivity index (χ1v) is 9.02. The predicted molar refractivity (Wildman–Crippen MR) is 108 cm³/mol. The summed E-state index contributed by atoms with van der Waals surface area (Å²) in [6.07, 6.45) is 1.54. The second-order valence-electron chi connectivity index (χ2n) is 5.53. The van der Waals surface area contributed by atoms with Crippen LogP contribution in [0.5, 0.6) is 0 Å². The number of nitrogens with zero attached hydrogens (tertiary/aromatic N) is 2. The van der Waals surface area contributed by atoms with Crippen LogP contribution in [0, 0.1) is 0 Å². The van der Waals surface area contributed by atoms with E-state index in [1.807, 2.05) is 42.5 Å². The van der Waals surface area contributed by atoms with Gasteiger partial charge in [-0.15, -0.1) is 0 Å². The number of anilines is 1. The number of halogens is 1. The van der Waals surface area contributed by atoms with Gasteiger partial charge >= 0.3 is 6.03 Å². The van der Waals surface area contributed by atoms with E-state index in [0.717, 1.165) is 26.6 Å². The molecule has 0 saturated carbocycles. The predicted octanol–water partition coefficient (Wildman–Crippen LogP) is 5.26. The lowest BCUT2D eigenvalue weighted by Gasteiger charge is -1.99. The van der Waals surface area contributed by atoms with Crippen molar-refractivity contribution in [3.63, 3.8) is 0 Å². The third-order valence-electron chi connectivity index (χ3n) is 3.75. The highest BCUT2D eigenvalue weighted by atomic mass is 35.5. The van der Waals surface area contributed by atoms with E-state index in [1.165, 1.54) is 11.3 Å². The molecule has 0 aliphatic rings. The number of thiazole rings is 1. The van der Waals surface area contributed by atoms with Gasteiger partial charge in [0.1, 0.15) is 0 Å². The maximum Gasteiger partial charge on any atom is 0.341 e. The number of fused-ring (bicyclic) bond motifs is 3. The number of benzene rings is 3. The first-order valence-electron chi connectivity index (χ1n) is 7.83. The number of carbonyl (C=O) groups excluding carboxylic acids is 1. The Labute approximate surface area is 158 Å². The van der Waals surface area contributed by atoms with Gasteiger partial charge in [0.2, 0.25) is 0 Å². The van der Waals surface area contributed by atoms with E-state index in [9.17, 15) is 4.79 Å². The highest BCUT2D eigenvalue weighted by Crippen LogP contribution is 2.31. The lowest BCUT2D eigenvalue weighted by molar-refractivity contribution is 0.252. The first kappa shape index (κ1) is 16.5. The van der Waals surface area contributed by atoms with Gasteiger partial charge in [-0.05, 0) is 29.1 Å². The average Bonchev–Trinajstić information content (AvgIpc) is 3.06. The Bertz CT molecular complexity index is 1120. The van der Waals surface area contributed by atoms with Crippen LogP contribution in [0.3, 0.4) is 0 Å². The van der Waals surface area contributed by atoms with E-state index in [1.54, 1.807) is 18.3 Å². The Hall–Kier alpha value is -2.96. The highest BCUT2D eigenvalue weighted by Gasteiger charge is 2.09. The Morgan fingerprint density at radius 2 is 1.88 bits per heavy atom. The van der Waals surface area contributed by atoms with Crippen molar-refractivity contribution < 1.29 is 4.79 Å². The standard InChI is InChI=1S/C19H13ClN4OS/c20-14-8-5-12(6-9-14)11-21-24-18(25)23-19-22-17-15-4-2-1-3-13(15)7-10-16(17)26-19/h1-11H,(H2,22,23,24,25)/b21-11+. The van der Waals surface area contributed by atoms with Crippen molar-refractivity contribution in [1.82, 2.24) is 10.4 Å². The zero-order valence-electron chi connectivity index (χ0n) is 13.4. The fourth-order valence-electron chi connectivity index (χ4n) is 2.55. The summed E-state index contributed by atoms with van der Waals surface area (Å²) in [5, 5.41) is 9.99. The molecule has 4 aromatic rings. The van der Waals surface area contributed by atoms with Crippen molar-refractivity contribution in [2.75, 3.05) is 5.32 Å². The van der Waals surface area contributed by atoms with Gasteiger partial charge in [-0.2, -0.15) is 5.10 Å². The molecule has 1 aromatic heterocycles. The van der Waals surface area contributed by atoms with Crippen molar-refractivity contribution in [3.05, 3.63) is 71.2 Å². The van der Waals surface area contributed by atoms with Crippen molar-refractivity contribution >= 4 is 61.3 Å². The normalized spacial score (nSPS) is 11.3. The molecule has 26 heavy (non-hydrogen) atoms. The summed E-state index contributed by atoms with van der Waals surface area (Å²) in [6, 6.07) is 18.8. The molecule has 0 fully saturated rings. The molecule has 128 valence electrons. The first-order chi connectivity index (χ1) is 12.7. The third kappa shape index (κ3) is 3.51. The molecule has 0 unspecified atom stereocenters. The number of hydrogen-bond donors (Lipinski definition) is 2. The number of aromatic nitrogens is 1. The van der Waals surface area contributed by atoms with Crippen molar-refractivity contribution in [2.45, 2.75) is 0 Å². The van der Waals surface area contributed by atoms with Gasteiger partial charge in [0.25, 0.3) is 0 Å². The van der Waals surface area contributed by atoms with Crippen LogP contribution >= 0.6 is 22.9 Å². The van der Waals surface area contributed by atoms with Gasteiger partial charge in [0.15, 0.2) is 5.13 Å². The molecule has 1 heterocycles. The molecular formula is C19H13ClN4OS. The third-order valence-corrected chi connectivity index (χ3v) is 4.94. The van der Waals surface area contributed by atoms with Gasteiger partial charge in [0.05, 0.1) is 16.4 Å². The zero-order chi connectivity index (χ0) is 17.9. The van der Waals surface area contributed by atoms with E-state index in [4.69, 9.17) is 11.6 Å². The summed E-state index contributed by atoms with van der Waals surface area (Å²) < 4.78 is 1.02. The topological polar surface area (TPSA) is 66.4 Å². The number of carbonyl (C=O) groups is 1. The summed E-state index contributed by atoms with van der Waals surface area (Å²) in [5.41, 5.74) is 4.15. The van der Waals surface area contributed by atoms with Crippen molar-refractivity contribution in [2.24, 2.45) is 5.10 Å². The molecule has 0 saturated heterocycles. The molecule has 5 nitrogen and oxygen atoms in total. The number of amides is 2. The smallest absolute Gasteiger partial charge is 0.282 e. The fourth-order valence-corrected chi connectivity index (χ4v) is 3.56. The van der Waals surface area contributed by atoms with Crippen molar-refractivity contribution in [3.8, 4) is 0 Å². The Kier molecular flexibility index (Phi) is 4.51. The van der Waals surface area contributed by atoms with Gasteiger partial charge < -0.3 is 0 Å². The quantitative estimate of drug-likeness (QED) is 0.376. The SMILES string of the molecule is O=C(N/N=C/c1ccc(Cl)cc1)Nc1nc2c(ccc3ccccc32)s1. The van der Waals surface area contributed by atoms with E-state index in [0.29, 0.717) is 10.2 Å². The summed E-state index contributed by atoms with van der Waals surface area (Å²) in [6.45, 7) is 0. The Morgan fingerprint density at radius 1 is 1.08 bits per heavy atom. The maximum absolute atomic E-state index is 12.0. The fraction of sp³-hybridized carbons (Fsp3) is 0. The molecule has 2 amide bonds. The van der Waals surface area contributed by atoms with E-state index >= 15 is 0 Å². The van der Waals surface area contributed by atoms with Crippen LogP contribution in [0.1, 0.15) is 5.56 Å². The molecule has 3 aromatic carbocycles. The van der Waals surface area contributed by atoms with Crippen LogP contribution in [0.15, 0.2) is 65.8 Å². The lowest BCUT2D eigenvalue weighted by Crippen LogP contribution is -2.24. The van der Waals surface area contributed by atoms with Crippen LogP contribution in [-0.4, -0.2) is 17.2 Å². The van der Waals surface area contributed by atoms with Gasteiger partial charge in [0, 0.05) is 10.4 Å². The van der Waals surface area contributed by atoms with E-state index < -0.39 is 6.03 Å². The molecule has 0 atom stereocenters. The van der Waals surface area contributed by atoms with Crippen LogP contribution in [0.25, 0.3) is 21.0 Å². The average molecular weight is 381 g/mol. The molecule has 0 spiro atoms. The number of urea groups is 1. The summed E-state index contributed by atoms with van der Waals surface area (Å²) in [7, 11) is 0. The molecule has 4 rings (SSSR count). The van der Waals surface area contributed by atoms with E-state index in [2.05, 4.69) is 26.9 Å². The summed E-state index contributed by atoms with van der Waals surface area (Å²) >= 11 is 7.25. The largest absolute Gasteiger partial charge is 0.341 e. The number of nitrogens with one attached hydrogen (secondary N) is 2. The Balaban J connectivity index is 1.47. The molecule has 7 heteroatoms. The van der Waals surface area contributed by atoms with Crippen LogP contribution in [-0.2, 0) is 0 Å². The molecule has 0 bridgehead atoms. The van der Waals surface area contributed by atoms with Crippen molar-refractivity contribution in [1.29, 1.82) is 0 Å². The minimum atomic E-state index is -0.446. The monoisotopic (exact) mass is 380 g/mol. The van der Waals surface area contributed by atoms with Gasteiger partial charge in [-0.3, -0.25) is 5.32 Å². The molecule has 0 radical (unpaired) electrons. The molecule has 0 aliphatic heterocycles. The van der Waals surface area contributed by atoms with E-state index in [-0.39, 0.29) is 0 Å². The number of hydrogen-bond acceptors (Lipinski definition) is 4. The number of hydrazone groups is 1. The second-order valence-corrected chi connectivity index (χ2v) is 7.00.